The van der Waals surface area contributed by atoms with Crippen molar-refractivity contribution < 1.29 is 0 Å². The number of hydrogen-bond acceptors (Lipinski definition) is 2. The van der Waals surface area contributed by atoms with Gasteiger partial charge in [0, 0.05) is 18.3 Å². The molecule has 0 amide bonds. The summed E-state index contributed by atoms with van der Waals surface area (Å²) in [5.74, 6) is 0.610. The van der Waals surface area contributed by atoms with Crippen molar-refractivity contribution in [2.45, 2.75) is 38.8 Å². The lowest BCUT2D eigenvalue weighted by Gasteiger charge is -2.14. The van der Waals surface area contributed by atoms with Crippen molar-refractivity contribution in [2.75, 3.05) is 5.73 Å². The molecule has 0 fully saturated rings. The minimum atomic E-state index is 0.596. The highest BCUT2D eigenvalue weighted by molar-refractivity contribution is 5.46. The van der Waals surface area contributed by atoms with Crippen molar-refractivity contribution in [1.82, 2.24) is 5.32 Å². The zero-order valence-corrected chi connectivity index (χ0v) is 8.88. The van der Waals surface area contributed by atoms with Gasteiger partial charge in [-0.15, -0.1) is 0 Å². The molecule has 3 N–H and O–H groups in total. The van der Waals surface area contributed by atoms with Gasteiger partial charge < -0.3 is 11.1 Å². The number of nitrogens with one attached hydrogen (secondary N) is 1. The average Bonchev–Trinajstić information content (AvgIpc) is 2.27. The summed E-state index contributed by atoms with van der Waals surface area (Å²) in [6, 6.07) is 6.86. The number of benzene rings is 1. The highest BCUT2D eigenvalue weighted by atomic mass is 14.9. The normalized spacial score (nSPS) is 26.7. The van der Waals surface area contributed by atoms with Crippen LogP contribution >= 0.6 is 0 Å². The maximum atomic E-state index is 5.81. The Morgan fingerprint density at radius 3 is 2.93 bits per heavy atom. The van der Waals surface area contributed by atoms with Crippen molar-refractivity contribution in [2.24, 2.45) is 0 Å². The number of fused-ring (bicyclic) bond motifs is 1. The molecule has 1 aliphatic heterocycles. The topological polar surface area (TPSA) is 38.0 Å². The average molecular weight is 190 g/mol. The smallest absolute Gasteiger partial charge is 0.0317 e. The van der Waals surface area contributed by atoms with Gasteiger partial charge in [-0.1, -0.05) is 13.0 Å². The van der Waals surface area contributed by atoms with Crippen LogP contribution in [0.2, 0.25) is 0 Å². The third kappa shape index (κ3) is 1.75. The Morgan fingerprint density at radius 1 is 1.36 bits per heavy atom. The molecule has 0 saturated heterocycles. The summed E-state index contributed by atoms with van der Waals surface area (Å²) in [6.45, 7) is 5.49. The first-order chi connectivity index (χ1) is 6.66. The Bertz CT molecular complexity index is 333. The number of anilines is 1. The summed E-state index contributed by atoms with van der Waals surface area (Å²) in [5, 5.41) is 3.51. The van der Waals surface area contributed by atoms with Gasteiger partial charge in [0.2, 0.25) is 0 Å². The summed E-state index contributed by atoms with van der Waals surface area (Å²) in [5.41, 5.74) is 9.51. The number of hydrogen-bond donors (Lipinski definition) is 2. The van der Waals surface area contributed by atoms with Gasteiger partial charge in [0.1, 0.15) is 0 Å². The molecule has 14 heavy (non-hydrogen) atoms. The van der Waals surface area contributed by atoms with Crippen molar-refractivity contribution in [3.05, 3.63) is 29.3 Å². The lowest BCUT2D eigenvalue weighted by Crippen LogP contribution is -2.23. The van der Waals surface area contributed by atoms with Gasteiger partial charge in [-0.2, -0.15) is 0 Å². The van der Waals surface area contributed by atoms with Crippen molar-refractivity contribution in [1.29, 1.82) is 0 Å². The predicted octanol–water partition coefficient (Wildman–Crippen LogP) is 2.25. The molecule has 76 valence electrons. The second kappa shape index (κ2) is 3.62. The standard InChI is InChI=1S/C12H18N2/c1-8-5-9(2)14-7-10-3-4-11(13)6-12(8)10/h3-4,6,8-9,14H,5,7,13H2,1-2H3. The first-order valence-electron chi connectivity index (χ1n) is 5.28. The van der Waals surface area contributed by atoms with Gasteiger partial charge in [0.05, 0.1) is 0 Å². The van der Waals surface area contributed by atoms with Crippen LogP contribution in [-0.2, 0) is 6.54 Å². The quantitative estimate of drug-likeness (QED) is 0.616. The molecule has 2 nitrogen and oxygen atoms in total. The van der Waals surface area contributed by atoms with Gasteiger partial charge in [0.25, 0.3) is 0 Å². The van der Waals surface area contributed by atoms with Crippen LogP contribution in [0.25, 0.3) is 0 Å². The minimum Gasteiger partial charge on any atom is -0.399 e. The zero-order valence-electron chi connectivity index (χ0n) is 8.88. The molecule has 0 aromatic heterocycles. The van der Waals surface area contributed by atoms with E-state index in [0.717, 1.165) is 12.2 Å². The zero-order chi connectivity index (χ0) is 10.1. The molecule has 0 spiro atoms. The van der Waals surface area contributed by atoms with Gasteiger partial charge >= 0.3 is 0 Å². The first-order valence-corrected chi connectivity index (χ1v) is 5.28. The van der Waals surface area contributed by atoms with E-state index in [9.17, 15) is 0 Å². The Morgan fingerprint density at radius 2 is 2.14 bits per heavy atom. The molecule has 2 heteroatoms. The third-order valence-corrected chi connectivity index (χ3v) is 3.05. The van der Waals surface area contributed by atoms with Gasteiger partial charge in [0.15, 0.2) is 0 Å². The lowest BCUT2D eigenvalue weighted by molar-refractivity contribution is 0.502. The number of nitrogen functional groups attached to an aromatic ring is 1. The lowest BCUT2D eigenvalue weighted by atomic mass is 9.92. The Labute approximate surface area is 85.5 Å². The fourth-order valence-corrected chi connectivity index (χ4v) is 2.26. The minimum absolute atomic E-state index is 0.596. The summed E-state index contributed by atoms with van der Waals surface area (Å²) in [6.07, 6.45) is 1.19. The molecule has 0 saturated carbocycles. The highest BCUT2D eigenvalue weighted by Gasteiger charge is 2.18. The van der Waals surface area contributed by atoms with E-state index in [1.165, 1.54) is 17.5 Å². The van der Waals surface area contributed by atoms with Crippen LogP contribution in [0.4, 0.5) is 5.69 Å². The van der Waals surface area contributed by atoms with Crippen molar-refractivity contribution in [3.63, 3.8) is 0 Å². The molecule has 1 heterocycles. The third-order valence-electron chi connectivity index (χ3n) is 3.05. The van der Waals surface area contributed by atoms with E-state index in [1.54, 1.807) is 0 Å². The molecular formula is C12H18N2. The van der Waals surface area contributed by atoms with Crippen LogP contribution in [0.15, 0.2) is 18.2 Å². The second-order valence-corrected chi connectivity index (χ2v) is 4.38. The van der Waals surface area contributed by atoms with Gasteiger partial charge in [-0.3, -0.25) is 0 Å². The van der Waals surface area contributed by atoms with Gasteiger partial charge in [-0.05, 0) is 42.5 Å². The molecule has 2 rings (SSSR count). The SMILES string of the molecule is CC1CC(C)c2cc(N)ccc2CN1. The van der Waals surface area contributed by atoms with E-state index in [0.29, 0.717) is 12.0 Å². The van der Waals surface area contributed by atoms with E-state index < -0.39 is 0 Å². The summed E-state index contributed by atoms with van der Waals surface area (Å²) in [7, 11) is 0. The van der Waals surface area contributed by atoms with Crippen LogP contribution in [0, 0.1) is 0 Å². The summed E-state index contributed by atoms with van der Waals surface area (Å²) < 4.78 is 0. The fourth-order valence-electron chi connectivity index (χ4n) is 2.26. The van der Waals surface area contributed by atoms with E-state index in [1.807, 2.05) is 6.07 Å². The Hall–Kier alpha value is -1.02. The van der Waals surface area contributed by atoms with Crippen molar-refractivity contribution >= 4 is 5.69 Å². The predicted molar refractivity (Wildman–Crippen MR) is 60.2 cm³/mol. The molecule has 0 aliphatic carbocycles. The second-order valence-electron chi connectivity index (χ2n) is 4.38. The van der Waals surface area contributed by atoms with E-state index in [-0.39, 0.29) is 0 Å². The molecule has 0 radical (unpaired) electrons. The van der Waals surface area contributed by atoms with Crippen molar-refractivity contribution in [3.8, 4) is 0 Å². The summed E-state index contributed by atoms with van der Waals surface area (Å²) >= 11 is 0. The molecule has 2 atom stereocenters. The van der Waals surface area contributed by atoms with Crippen LogP contribution < -0.4 is 11.1 Å². The number of rotatable bonds is 0. The molecule has 1 aliphatic rings. The Balaban J connectivity index is 2.39. The summed E-state index contributed by atoms with van der Waals surface area (Å²) in [4.78, 5) is 0. The largest absolute Gasteiger partial charge is 0.399 e. The Kier molecular flexibility index (Phi) is 2.46. The van der Waals surface area contributed by atoms with Crippen LogP contribution in [0.3, 0.4) is 0 Å². The molecular weight excluding hydrogens is 172 g/mol. The van der Waals surface area contributed by atoms with E-state index >= 15 is 0 Å². The molecule has 1 aromatic rings. The number of nitrogens with two attached hydrogens (primary N) is 1. The van der Waals surface area contributed by atoms with Gasteiger partial charge in [-0.25, -0.2) is 0 Å². The van der Waals surface area contributed by atoms with E-state index in [4.69, 9.17) is 5.73 Å². The maximum absolute atomic E-state index is 5.81. The fraction of sp³-hybridized carbons (Fsp3) is 0.500. The molecule has 2 unspecified atom stereocenters. The van der Waals surface area contributed by atoms with Crippen LogP contribution in [-0.4, -0.2) is 6.04 Å². The first kappa shape index (κ1) is 9.53. The van der Waals surface area contributed by atoms with Crippen LogP contribution in [0.1, 0.15) is 37.3 Å². The van der Waals surface area contributed by atoms with E-state index in [2.05, 4.69) is 31.3 Å². The maximum Gasteiger partial charge on any atom is 0.0317 e. The highest BCUT2D eigenvalue weighted by Crippen LogP contribution is 2.28. The monoisotopic (exact) mass is 190 g/mol. The molecule has 0 bridgehead atoms. The van der Waals surface area contributed by atoms with Crippen LogP contribution in [0.5, 0.6) is 0 Å². The molecule has 1 aromatic carbocycles.